The zero-order valence-corrected chi connectivity index (χ0v) is 9.04. The highest BCUT2D eigenvalue weighted by Crippen LogP contribution is 2.14. The van der Waals surface area contributed by atoms with Gasteiger partial charge in [0, 0.05) is 5.56 Å². The SMILES string of the molecule is CCc1cc(C(N)=O)cc(S(N)(=O)=O)c1. The van der Waals surface area contributed by atoms with Crippen molar-refractivity contribution in [3.63, 3.8) is 0 Å². The summed E-state index contributed by atoms with van der Waals surface area (Å²) in [6.07, 6.45) is 0.601. The van der Waals surface area contributed by atoms with E-state index in [4.69, 9.17) is 10.9 Å². The molecule has 0 saturated heterocycles. The maximum absolute atomic E-state index is 11.1. The first-order valence-corrected chi connectivity index (χ1v) is 5.85. The monoisotopic (exact) mass is 228 g/mol. The highest BCUT2D eigenvalue weighted by Gasteiger charge is 2.12. The number of nitrogens with two attached hydrogens (primary N) is 2. The molecule has 0 fully saturated rings. The molecular formula is C9H12N2O3S. The number of aryl methyl sites for hydroxylation is 1. The first-order chi connectivity index (χ1) is 6.84. The highest BCUT2D eigenvalue weighted by molar-refractivity contribution is 7.89. The molecule has 15 heavy (non-hydrogen) atoms. The number of carbonyl (C=O) groups is 1. The second kappa shape index (κ2) is 4.00. The maximum Gasteiger partial charge on any atom is 0.248 e. The van der Waals surface area contributed by atoms with E-state index in [0.717, 1.165) is 0 Å². The van der Waals surface area contributed by atoms with Crippen LogP contribution in [0, 0.1) is 0 Å². The van der Waals surface area contributed by atoms with Gasteiger partial charge in [0.1, 0.15) is 0 Å². The van der Waals surface area contributed by atoms with Crippen molar-refractivity contribution in [2.75, 3.05) is 0 Å². The number of hydrogen-bond acceptors (Lipinski definition) is 3. The third-order valence-corrected chi connectivity index (χ3v) is 2.88. The quantitative estimate of drug-likeness (QED) is 0.760. The molecule has 0 aliphatic heterocycles. The minimum absolute atomic E-state index is 0.0874. The fraction of sp³-hybridized carbons (Fsp3) is 0.222. The Labute approximate surface area is 88.1 Å². The van der Waals surface area contributed by atoms with Gasteiger partial charge in [-0.2, -0.15) is 0 Å². The van der Waals surface area contributed by atoms with Crippen LogP contribution in [0.25, 0.3) is 0 Å². The van der Waals surface area contributed by atoms with Gasteiger partial charge in [0.05, 0.1) is 4.90 Å². The van der Waals surface area contributed by atoms with Crippen LogP contribution in [0.4, 0.5) is 0 Å². The summed E-state index contributed by atoms with van der Waals surface area (Å²) in [5, 5.41) is 4.97. The van der Waals surface area contributed by atoms with Crippen LogP contribution in [0.5, 0.6) is 0 Å². The summed E-state index contributed by atoms with van der Waals surface area (Å²) >= 11 is 0. The topological polar surface area (TPSA) is 103 Å². The maximum atomic E-state index is 11.1. The van der Waals surface area contributed by atoms with Crippen molar-refractivity contribution in [2.45, 2.75) is 18.2 Å². The summed E-state index contributed by atoms with van der Waals surface area (Å²) in [6, 6.07) is 4.16. The van der Waals surface area contributed by atoms with E-state index in [1.54, 1.807) is 6.07 Å². The van der Waals surface area contributed by atoms with E-state index < -0.39 is 15.9 Å². The lowest BCUT2D eigenvalue weighted by molar-refractivity contribution is 0.1000. The van der Waals surface area contributed by atoms with Crippen molar-refractivity contribution in [3.8, 4) is 0 Å². The van der Waals surface area contributed by atoms with Gasteiger partial charge in [-0.3, -0.25) is 4.79 Å². The highest BCUT2D eigenvalue weighted by atomic mass is 32.2. The van der Waals surface area contributed by atoms with Crippen LogP contribution in [-0.4, -0.2) is 14.3 Å². The van der Waals surface area contributed by atoms with Crippen LogP contribution in [-0.2, 0) is 16.4 Å². The summed E-state index contributed by atoms with van der Waals surface area (Å²) in [5.74, 6) is -0.671. The summed E-state index contributed by atoms with van der Waals surface area (Å²) in [7, 11) is -3.80. The Bertz CT molecular complexity index is 494. The van der Waals surface area contributed by atoms with E-state index in [1.165, 1.54) is 12.1 Å². The molecule has 1 aromatic rings. The van der Waals surface area contributed by atoms with Crippen molar-refractivity contribution in [1.29, 1.82) is 0 Å². The average Bonchev–Trinajstić information content (AvgIpc) is 2.15. The standard InChI is InChI=1S/C9H12N2O3S/c1-2-6-3-7(9(10)12)5-8(4-6)15(11,13)14/h3-5H,2H2,1H3,(H2,10,12)(H2,11,13,14). The predicted molar refractivity (Wildman–Crippen MR) is 55.7 cm³/mol. The molecule has 0 unspecified atom stereocenters. The lowest BCUT2D eigenvalue weighted by atomic mass is 10.1. The van der Waals surface area contributed by atoms with Crippen LogP contribution < -0.4 is 10.9 Å². The Morgan fingerprint density at radius 2 is 1.93 bits per heavy atom. The average molecular weight is 228 g/mol. The van der Waals surface area contributed by atoms with E-state index in [-0.39, 0.29) is 10.5 Å². The summed E-state index contributed by atoms with van der Waals surface area (Å²) in [6.45, 7) is 1.84. The number of carbonyl (C=O) groups excluding carboxylic acids is 1. The van der Waals surface area contributed by atoms with Gasteiger partial charge in [-0.1, -0.05) is 6.92 Å². The van der Waals surface area contributed by atoms with Crippen molar-refractivity contribution in [1.82, 2.24) is 0 Å². The first-order valence-electron chi connectivity index (χ1n) is 4.31. The van der Waals surface area contributed by atoms with E-state index in [2.05, 4.69) is 0 Å². The fourth-order valence-corrected chi connectivity index (χ4v) is 1.78. The normalized spacial score (nSPS) is 11.3. The molecule has 0 bridgehead atoms. The van der Waals surface area contributed by atoms with Crippen molar-refractivity contribution >= 4 is 15.9 Å². The van der Waals surface area contributed by atoms with Crippen LogP contribution in [0.15, 0.2) is 23.1 Å². The lowest BCUT2D eigenvalue weighted by Gasteiger charge is -2.04. The van der Waals surface area contributed by atoms with Gasteiger partial charge in [0.2, 0.25) is 15.9 Å². The molecule has 0 saturated carbocycles. The largest absolute Gasteiger partial charge is 0.366 e. The van der Waals surface area contributed by atoms with Crippen molar-refractivity contribution in [2.24, 2.45) is 10.9 Å². The zero-order chi connectivity index (χ0) is 11.6. The third-order valence-electron chi connectivity index (χ3n) is 1.99. The predicted octanol–water partition coefficient (Wildman–Crippen LogP) is -0.00470. The molecule has 0 aromatic heterocycles. The van der Waals surface area contributed by atoms with Crippen LogP contribution >= 0.6 is 0 Å². The molecule has 1 aromatic carbocycles. The number of primary sulfonamides is 1. The van der Waals surface area contributed by atoms with Crippen molar-refractivity contribution < 1.29 is 13.2 Å². The second-order valence-electron chi connectivity index (χ2n) is 3.13. The van der Waals surface area contributed by atoms with E-state index in [1.807, 2.05) is 6.92 Å². The Hall–Kier alpha value is -1.40. The molecule has 0 aliphatic carbocycles. The Balaban J connectivity index is 3.43. The van der Waals surface area contributed by atoms with Gasteiger partial charge in [0.25, 0.3) is 0 Å². The molecule has 4 N–H and O–H groups in total. The van der Waals surface area contributed by atoms with E-state index >= 15 is 0 Å². The summed E-state index contributed by atoms with van der Waals surface area (Å²) < 4.78 is 22.2. The van der Waals surface area contributed by atoms with Crippen LogP contribution in [0.1, 0.15) is 22.8 Å². The number of amides is 1. The molecule has 0 spiro atoms. The minimum atomic E-state index is -3.80. The molecule has 1 amide bonds. The van der Waals surface area contributed by atoms with Gasteiger partial charge in [0.15, 0.2) is 0 Å². The molecule has 6 heteroatoms. The molecule has 0 radical (unpaired) electrons. The van der Waals surface area contributed by atoms with Crippen LogP contribution in [0.3, 0.4) is 0 Å². The lowest BCUT2D eigenvalue weighted by Crippen LogP contribution is -2.16. The van der Waals surface area contributed by atoms with E-state index in [0.29, 0.717) is 12.0 Å². The molecule has 82 valence electrons. The Morgan fingerprint density at radius 1 is 1.33 bits per heavy atom. The number of sulfonamides is 1. The van der Waals surface area contributed by atoms with Gasteiger partial charge >= 0.3 is 0 Å². The Kier molecular flexibility index (Phi) is 3.11. The molecule has 1 rings (SSSR count). The van der Waals surface area contributed by atoms with Gasteiger partial charge in [-0.25, -0.2) is 13.6 Å². The third kappa shape index (κ3) is 2.77. The van der Waals surface area contributed by atoms with Crippen LogP contribution in [0.2, 0.25) is 0 Å². The fourth-order valence-electron chi connectivity index (χ4n) is 1.17. The second-order valence-corrected chi connectivity index (χ2v) is 4.69. The van der Waals surface area contributed by atoms with Gasteiger partial charge < -0.3 is 5.73 Å². The smallest absolute Gasteiger partial charge is 0.248 e. The molecule has 0 heterocycles. The number of hydrogen-bond donors (Lipinski definition) is 2. The first kappa shape index (κ1) is 11.7. The molecule has 0 atom stereocenters. The van der Waals surface area contributed by atoms with Gasteiger partial charge in [-0.05, 0) is 30.2 Å². The molecule has 0 aliphatic rings. The number of rotatable bonds is 3. The van der Waals surface area contributed by atoms with E-state index in [9.17, 15) is 13.2 Å². The van der Waals surface area contributed by atoms with Crippen molar-refractivity contribution in [3.05, 3.63) is 29.3 Å². The minimum Gasteiger partial charge on any atom is -0.366 e. The summed E-state index contributed by atoms with van der Waals surface area (Å²) in [5.41, 5.74) is 5.93. The number of primary amides is 1. The molecule has 5 nitrogen and oxygen atoms in total. The zero-order valence-electron chi connectivity index (χ0n) is 8.23. The Morgan fingerprint density at radius 3 is 2.33 bits per heavy atom. The van der Waals surface area contributed by atoms with Gasteiger partial charge in [-0.15, -0.1) is 0 Å². The molecular weight excluding hydrogens is 216 g/mol. The number of benzene rings is 1. The summed E-state index contributed by atoms with van der Waals surface area (Å²) in [4.78, 5) is 10.8.